The van der Waals surface area contributed by atoms with Crippen molar-refractivity contribution in [2.75, 3.05) is 10.6 Å². The van der Waals surface area contributed by atoms with Crippen molar-refractivity contribution in [3.05, 3.63) is 130 Å². The molecule has 0 saturated heterocycles. The first kappa shape index (κ1) is 23.6. The lowest BCUT2D eigenvalue weighted by atomic mass is 9.84. The Labute approximate surface area is 229 Å². The summed E-state index contributed by atoms with van der Waals surface area (Å²) in [5, 5.41) is 10.3. The fourth-order valence-electron chi connectivity index (χ4n) is 4.83. The second-order valence-corrected chi connectivity index (χ2v) is 10.1. The van der Waals surface area contributed by atoms with E-state index in [9.17, 15) is 0 Å². The number of halogens is 2. The van der Waals surface area contributed by atoms with Gasteiger partial charge in [-0.3, -0.25) is 0 Å². The number of benzene rings is 4. The van der Waals surface area contributed by atoms with Crippen molar-refractivity contribution in [1.82, 2.24) is 9.97 Å². The third kappa shape index (κ3) is 4.69. The van der Waals surface area contributed by atoms with E-state index in [1.165, 1.54) is 27.5 Å². The first-order valence-corrected chi connectivity index (χ1v) is 13.0. The molecule has 6 rings (SSSR count). The molecule has 7 heteroatoms. The molecular formula is C30H22Cl2N4S. The molecule has 0 bridgehead atoms. The number of fused-ring (bicyclic) bond motifs is 2. The summed E-state index contributed by atoms with van der Waals surface area (Å²) in [6.07, 6.45) is 4.24. The number of aromatic amines is 2. The van der Waals surface area contributed by atoms with Gasteiger partial charge in [-0.05, 0) is 71.4 Å². The zero-order valence-corrected chi connectivity index (χ0v) is 21.9. The molecule has 0 aliphatic heterocycles. The molecule has 2 heterocycles. The molecule has 0 aliphatic carbocycles. The van der Waals surface area contributed by atoms with Crippen LogP contribution in [0.1, 0.15) is 22.6 Å². The van der Waals surface area contributed by atoms with Crippen LogP contribution >= 0.6 is 35.4 Å². The highest BCUT2D eigenvalue weighted by Gasteiger charge is 2.23. The average molecular weight is 542 g/mol. The highest BCUT2D eigenvalue weighted by molar-refractivity contribution is 7.80. The Balaban J connectivity index is 1.34. The molecule has 0 amide bonds. The van der Waals surface area contributed by atoms with Crippen LogP contribution in [0.2, 0.25) is 10.0 Å². The van der Waals surface area contributed by atoms with E-state index in [1.54, 1.807) is 18.2 Å². The van der Waals surface area contributed by atoms with Gasteiger partial charge in [0, 0.05) is 50.8 Å². The zero-order valence-electron chi connectivity index (χ0n) is 19.6. The second-order valence-electron chi connectivity index (χ2n) is 8.84. The lowest BCUT2D eigenvalue weighted by Gasteiger charge is -2.18. The average Bonchev–Trinajstić information content (AvgIpc) is 3.53. The zero-order chi connectivity index (χ0) is 25.4. The summed E-state index contributed by atoms with van der Waals surface area (Å²) in [6, 6.07) is 30.4. The third-order valence-electron chi connectivity index (χ3n) is 6.54. The lowest BCUT2D eigenvalue weighted by molar-refractivity contribution is 0.998. The molecule has 4 N–H and O–H groups in total. The van der Waals surface area contributed by atoms with E-state index in [0.29, 0.717) is 20.8 Å². The van der Waals surface area contributed by atoms with E-state index in [2.05, 4.69) is 93.7 Å². The largest absolute Gasteiger partial charge is 0.361 e. The Morgan fingerprint density at radius 1 is 0.703 bits per heavy atom. The number of H-pyrrole nitrogens is 2. The van der Waals surface area contributed by atoms with Gasteiger partial charge >= 0.3 is 0 Å². The minimum Gasteiger partial charge on any atom is -0.361 e. The second kappa shape index (κ2) is 9.94. The standard InChI is InChI=1S/C30H22Cl2N4S/c31-19-11-14-25(32)28(15-19)36-30(37)35-20-12-9-18(10-13-20)29(23-16-33-26-7-3-1-5-21(23)26)24-17-34-27-8-4-2-6-22(24)27/h1-17,29,33-34H,(H2,35,36,37). The highest BCUT2D eigenvalue weighted by Crippen LogP contribution is 2.39. The minimum atomic E-state index is 0.0386. The number of thiocarbonyl (C=S) groups is 1. The fraction of sp³-hybridized carbons (Fsp3) is 0.0333. The van der Waals surface area contributed by atoms with Gasteiger partial charge in [0.2, 0.25) is 0 Å². The molecule has 0 radical (unpaired) electrons. The number of para-hydroxylation sites is 2. The fourth-order valence-corrected chi connectivity index (χ4v) is 5.39. The van der Waals surface area contributed by atoms with Gasteiger partial charge in [0.15, 0.2) is 5.11 Å². The van der Waals surface area contributed by atoms with E-state index in [0.717, 1.165) is 16.7 Å². The van der Waals surface area contributed by atoms with Gasteiger partial charge in [-0.2, -0.15) is 0 Å². The molecule has 0 atom stereocenters. The summed E-state index contributed by atoms with van der Waals surface area (Å²) in [6.45, 7) is 0. The maximum absolute atomic E-state index is 6.27. The van der Waals surface area contributed by atoms with Gasteiger partial charge in [-0.1, -0.05) is 71.7 Å². The van der Waals surface area contributed by atoms with E-state index in [1.807, 2.05) is 12.1 Å². The molecular weight excluding hydrogens is 519 g/mol. The van der Waals surface area contributed by atoms with E-state index in [4.69, 9.17) is 35.4 Å². The van der Waals surface area contributed by atoms with Crippen LogP contribution in [-0.4, -0.2) is 15.1 Å². The first-order valence-electron chi connectivity index (χ1n) is 11.8. The van der Waals surface area contributed by atoms with Crippen LogP contribution < -0.4 is 10.6 Å². The SMILES string of the molecule is S=C(Nc1ccc(C(c2c[nH]c3ccccc23)c2c[nH]c3ccccc23)cc1)Nc1cc(Cl)ccc1Cl. The highest BCUT2D eigenvalue weighted by atomic mass is 35.5. The van der Waals surface area contributed by atoms with Crippen molar-refractivity contribution in [3.8, 4) is 0 Å². The molecule has 37 heavy (non-hydrogen) atoms. The lowest BCUT2D eigenvalue weighted by Crippen LogP contribution is -2.19. The number of aromatic nitrogens is 2. The van der Waals surface area contributed by atoms with Crippen molar-refractivity contribution in [2.24, 2.45) is 0 Å². The normalized spacial score (nSPS) is 11.3. The molecule has 4 nitrogen and oxygen atoms in total. The molecule has 0 unspecified atom stereocenters. The molecule has 0 aliphatic rings. The van der Waals surface area contributed by atoms with Gasteiger partial charge in [0.05, 0.1) is 10.7 Å². The Hall–Kier alpha value is -3.77. The van der Waals surface area contributed by atoms with Gasteiger partial charge in [-0.15, -0.1) is 0 Å². The maximum Gasteiger partial charge on any atom is 0.175 e. The van der Waals surface area contributed by atoms with Crippen molar-refractivity contribution < 1.29 is 0 Å². The monoisotopic (exact) mass is 540 g/mol. The van der Waals surface area contributed by atoms with Crippen molar-refractivity contribution in [1.29, 1.82) is 0 Å². The van der Waals surface area contributed by atoms with Gasteiger partial charge in [-0.25, -0.2) is 0 Å². The van der Waals surface area contributed by atoms with Crippen LogP contribution in [0.3, 0.4) is 0 Å². The van der Waals surface area contributed by atoms with Crippen molar-refractivity contribution >= 4 is 73.7 Å². The number of rotatable bonds is 5. The Bertz CT molecular complexity index is 1660. The van der Waals surface area contributed by atoms with Crippen molar-refractivity contribution in [2.45, 2.75) is 5.92 Å². The summed E-state index contributed by atoms with van der Waals surface area (Å²) in [5.74, 6) is 0.0386. The summed E-state index contributed by atoms with van der Waals surface area (Å²) in [7, 11) is 0. The number of nitrogens with one attached hydrogen (secondary N) is 4. The molecule has 0 spiro atoms. The van der Waals surface area contributed by atoms with Crippen LogP contribution in [-0.2, 0) is 0 Å². The van der Waals surface area contributed by atoms with E-state index >= 15 is 0 Å². The van der Waals surface area contributed by atoms with Gasteiger partial charge in [0.25, 0.3) is 0 Å². The minimum absolute atomic E-state index is 0.0386. The van der Waals surface area contributed by atoms with Gasteiger partial charge < -0.3 is 20.6 Å². The molecule has 2 aromatic heterocycles. The van der Waals surface area contributed by atoms with Crippen LogP contribution in [0.25, 0.3) is 21.8 Å². The molecule has 4 aromatic carbocycles. The molecule has 182 valence electrons. The molecule has 0 fully saturated rings. The first-order chi connectivity index (χ1) is 18.1. The Morgan fingerprint density at radius 2 is 1.30 bits per heavy atom. The van der Waals surface area contributed by atoms with E-state index < -0.39 is 0 Å². The van der Waals surface area contributed by atoms with Crippen molar-refractivity contribution in [3.63, 3.8) is 0 Å². The predicted molar refractivity (Wildman–Crippen MR) is 160 cm³/mol. The summed E-state index contributed by atoms with van der Waals surface area (Å²) < 4.78 is 0. The summed E-state index contributed by atoms with van der Waals surface area (Å²) in [5.41, 5.74) is 7.41. The van der Waals surface area contributed by atoms with Crippen LogP contribution in [0.5, 0.6) is 0 Å². The van der Waals surface area contributed by atoms with Gasteiger partial charge in [0.1, 0.15) is 0 Å². The predicted octanol–water partition coefficient (Wildman–Crippen LogP) is 8.95. The quantitative estimate of drug-likeness (QED) is 0.165. The smallest absolute Gasteiger partial charge is 0.175 e. The Kier molecular flexibility index (Phi) is 6.35. The summed E-state index contributed by atoms with van der Waals surface area (Å²) in [4.78, 5) is 6.90. The Morgan fingerprint density at radius 3 is 1.92 bits per heavy atom. The van der Waals surface area contributed by atoms with E-state index in [-0.39, 0.29) is 5.92 Å². The number of hydrogen-bond acceptors (Lipinski definition) is 1. The van der Waals surface area contributed by atoms with Crippen LogP contribution in [0, 0.1) is 0 Å². The molecule has 6 aromatic rings. The van der Waals surface area contributed by atoms with Crippen LogP contribution in [0.15, 0.2) is 103 Å². The molecule has 0 saturated carbocycles. The number of anilines is 2. The third-order valence-corrected chi connectivity index (χ3v) is 7.31. The topological polar surface area (TPSA) is 55.6 Å². The number of hydrogen-bond donors (Lipinski definition) is 4. The maximum atomic E-state index is 6.27. The van der Waals surface area contributed by atoms with Crippen LogP contribution in [0.4, 0.5) is 11.4 Å². The summed E-state index contributed by atoms with van der Waals surface area (Å²) >= 11 is 17.9.